The first-order valence-electron chi connectivity index (χ1n) is 10.0. The molecule has 1 saturated heterocycles. The topological polar surface area (TPSA) is 113 Å². The zero-order valence-corrected chi connectivity index (χ0v) is 17.9. The summed E-state index contributed by atoms with van der Waals surface area (Å²) in [6.07, 6.45) is -2.54. The van der Waals surface area contributed by atoms with Gasteiger partial charge >= 0.3 is 5.97 Å². The van der Waals surface area contributed by atoms with E-state index in [4.69, 9.17) is 9.47 Å². The molecule has 0 aromatic carbocycles. The average Bonchev–Trinajstić information content (AvgIpc) is 2.51. The molecule has 2 saturated carbocycles. The Balaban J connectivity index is 2.32. The van der Waals surface area contributed by atoms with Crippen molar-refractivity contribution in [1.29, 1.82) is 0 Å². The molecule has 7 heteroatoms. The van der Waals surface area contributed by atoms with E-state index in [1.165, 1.54) is 13.8 Å². The van der Waals surface area contributed by atoms with Crippen LogP contribution in [0, 0.1) is 16.7 Å². The number of carbonyl (C=O) groups excluding carboxylic acids is 2. The summed E-state index contributed by atoms with van der Waals surface area (Å²) in [6.45, 7) is 11.7. The maximum absolute atomic E-state index is 13.5. The van der Waals surface area contributed by atoms with Crippen LogP contribution >= 0.6 is 0 Å². The van der Waals surface area contributed by atoms with E-state index >= 15 is 0 Å². The standard InChI is InChI=1S/C21H34O7/c1-11(22)27-16-14(25)15-17(2,3)9-8-12(23)19(15,6)21(26)13(24)10-18(4,5)28-20(16,21)7/h12,14-16,23,25-26H,8-10H2,1-7H3/t12-,14-,15-,16-,19-,20+,21-/m0/s1. The van der Waals surface area contributed by atoms with Crippen LogP contribution in [0.4, 0.5) is 0 Å². The molecule has 0 aromatic heterocycles. The smallest absolute Gasteiger partial charge is 0.303 e. The van der Waals surface area contributed by atoms with Crippen molar-refractivity contribution in [1.82, 2.24) is 0 Å². The number of Topliss-reactive ketones (excluding diaryl/α,β-unsaturated/α-hetero) is 1. The van der Waals surface area contributed by atoms with Crippen molar-refractivity contribution in [2.45, 2.75) is 103 Å². The molecule has 1 aliphatic heterocycles. The molecule has 3 N–H and O–H groups in total. The minimum absolute atomic E-state index is 0.0442. The lowest BCUT2D eigenvalue weighted by atomic mass is 9.40. The van der Waals surface area contributed by atoms with E-state index in [0.717, 1.165) is 0 Å². The molecule has 0 aromatic rings. The van der Waals surface area contributed by atoms with Crippen LogP contribution in [0.25, 0.3) is 0 Å². The fourth-order valence-electron chi connectivity index (χ4n) is 6.70. The van der Waals surface area contributed by atoms with Gasteiger partial charge in [-0.3, -0.25) is 9.59 Å². The molecular weight excluding hydrogens is 364 g/mol. The quantitative estimate of drug-likeness (QED) is 0.572. The molecule has 0 unspecified atom stereocenters. The first-order valence-corrected chi connectivity index (χ1v) is 10.0. The van der Waals surface area contributed by atoms with E-state index in [-0.39, 0.29) is 6.42 Å². The SMILES string of the molecule is CC(=O)O[C@H]1[C@@H](O)[C@H]2C(C)(C)CC[C@H](O)[C@]2(C)[C@@]2(O)C(=O)CC(C)(C)O[C@]12C. The monoisotopic (exact) mass is 398 g/mol. The van der Waals surface area contributed by atoms with Crippen molar-refractivity contribution in [3.8, 4) is 0 Å². The molecule has 28 heavy (non-hydrogen) atoms. The Kier molecular flexibility index (Phi) is 4.65. The van der Waals surface area contributed by atoms with E-state index < -0.39 is 63.6 Å². The van der Waals surface area contributed by atoms with Gasteiger partial charge in [-0.05, 0) is 39.0 Å². The molecular formula is C21H34O7. The highest BCUT2D eigenvalue weighted by Crippen LogP contribution is 2.66. The minimum Gasteiger partial charge on any atom is -0.457 e. The largest absolute Gasteiger partial charge is 0.457 e. The van der Waals surface area contributed by atoms with Crippen LogP contribution in [0.1, 0.15) is 67.7 Å². The fourth-order valence-corrected chi connectivity index (χ4v) is 6.70. The number of esters is 1. The van der Waals surface area contributed by atoms with Gasteiger partial charge in [-0.1, -0.05) is 20.8 Å². The first kappa shape index (κ1) is 21.7. The second kappa shape index (κ2) is 6.00. The molecule has 0 radical (unpaired) electrons. The molecule has 3 rings (SSSR count). The summed E-state index contributed by atoms with van der Waals surface area (Å²) in [7, 11) is 0. The number of rotatable bonds is 1. The zero-order chi connectivity index (χ0) is 21.5. The van der Waals surface area contributed by atoms with E-state index in [0.29, 0.717) is 12.8 Å². The number of aliphatic hydroxyl groups excluding tert-OH is 2. The third kappa shape index (κ3) is 2.49. The molecule has 0 spiro atoms. The van der Waals surface area contributed by atoms with E-state index in [1.807, 2.05) is 13.8 Å². The van der Waals surface area contributed by atoms with E-state index in [9.17, 15) is 24.9 Å². The maximum Gasteiger partial charge on any atom is 0.303 e. The lowest BCUT2D eigenvalue weighted by molar-refractivity contribution is -0.373. The number of fused-ring (bicyclic) bond motifs is 3. The molecule has 3 fully saturated rings. The van der Waals surface area contributed by atoms with Crippen molar-refractivity contribution in [3.63, 3.8) is 0 Å². The average molecular weight is 398 g/mol. The summed E-state index contributed by atoms with van der Waals surface area (Å²) in [5.41, 5.74) is -6.63. The summed E-state index contributed by atoms with van der Waals surface area (Å²) >= 11 is 0. The lowest BCUT2D eigenvalue weighted by Gasteiger charge is -2.71. The highest BCUT2D eigenvalue weighted by molar-refractivity contribution is 5.92. The Morgan fingerprint density at radius 2 is 1.71 bits per heavy atom. The summed E-state index contributed by atoms with van der Waals surface area (Å²) < 4.78 is 11.7. The van der Waals surface area contributed by atoms with Gasteiger partial charge in [0.15, 0.2) is 17.5 Å². The van der Waals surface area contributed by atoms with Crippen molar-refractivity contribution < 1.29 is 34.4 Å². The Bertz CT molecular complexity index is 701. The number of aliphatic hydroxyl groups is 3. The Labute approximate surface area is 166 Å². The van der Waals surface area contributed by atoms with Crippen molar-refractivity contribution in [2.24, 2.45) is 16.7 Å². The fraction of sp³-hybridized carbons (Fsp3) is 0.905. The molecule has 160 valence electrons. The van der Waals surface area contributed by atoms with Crippen LogP contribution in [-0.4, -0.2) is 62.2 Å². The van der Waals surface area contributed by atoms with Crippen LogP contribution in [-0.2, 0) is 19.1 Å². The van der Waals surface area contributed by atoms with Gasteiger partial charge in [0.2, 0.25) is 0 Å². The van der Waals surface area contributed by atoms with Crippen LogP contribution < -0.4 is 0 Å². The first-order chi connectivity index (χ1) is 12.5. The van der Waals surface area contributed by atoms with E-state index in [2.05, 4.69) is 0 Å². The number of carbonyl (C=O) groups is 2. The van der Waals surface area contributed by atoms with Gasteiger partial charge in [-0.25, -0.2) is 0 Å². The Morgan fingerprint density at radius 1 is 1.14 bits per heavy atom. The second-order valence-corrected chi connectivity index (χ2v) is 10.6. The van der Waals surface area contributed by atoms with Crippen molar-refractivity contribution in [2.75, 3.05) is 0 Å². The second-order valence-electron chi connectivity index (χ2n) is 10.6. The Morgan fingerprint density at radius 3 is 2.25 bits per heavy atom. The Hall–Kier alpha value is -1.02. The van der Waals surface area contributed by atoms with Gasteiger partial charge in [0.05, 0.1) is 17.8 Å². The number of ether oxygens (including phenoxy) is 2. The number of hydrogen-bond donors (Lipinski definition) is 3. The molecule has 7 nitrogen and oxygen atoms in total. The molecule has 3 aliphatic rings. The third-order valence-corrected chi connectivity index (χ3v) is 7.71. The molecule has 7 atom stereocenters. The van der Waals surface area contributed by atoms with Crippen LogP contribution in [0.5, 0.6) is 0 Å². The van der Waals surface area contributed by atoms with Gasteiger partial charge in [-0.2, -0.15) is 0 Å². The maximum atomic E-state index is 13.5. The van der Waals surface area contributed by atoms with Gasteiger partial charge < -0.3 is 24.8 Å². The van der Waals surface area contributed by atoms with Crippen LogP contribution in [0.3, 0.4) is 0 Å². The third-order valence-electron chi connectivity index (χ3n) is 7.71. The predicted molar refractivity (Wildman–Crippen MR) is 100 cm³/mol. The minimum atomic E-state index is -2.13. The molecule has 1 heterocycles. The van der Waals surface area contributed by atoms with Crippen LogP contribution in [0.2, 0.25) is 0 Å². The molecule has 0 amide bonds. The van der Waals surface area contributed by atoms with Gasteiger partial charge in [-0.15, -0.1) is 0 Å². The van der Waals surface area contributed by atoms with Gasteiger partial charge in [0.25, 0.3) is 0 Å². The summed E-state index contributed by atoms with van der Waals surface area (Å²) in [5.74, 6) is -1.77. The normalized spacial score (nSPS) is 49.7. The van der Waals surface area contributed by atoms with Gasteiger partial charge in [0, 0.05) is 24.7 Å². The number of ketones is 1. The van der Waals surface area contributed by atoms with Gasteiger partial charge in [0.1, 0.15) is 5.60 Å². The summed E-state index contributed by atoms with van der Waals surface area (Å²) in [5, 5.41) is 34.5. The highest BCUT2D eigenvalue weighted by Gasteiger charge is 2.81. The van der Waals surface area contributed by atoms with Crippen molar-refractivity contribution in [3.05, 3.63) is 0 Å². The lowest BCUT2D eigenvalue weighted by Crippen LogP contribution is -2.86. The molecule has 2 aliphatic carbocycles. The molecule has 0 bridgehead atoms. The zero-order valence-electron chi connectivity index (χ0n) is 17.9. The number of hydrogen-bond acceptors (Lipinski definition) is 7. The van der Waals surface area contributed by atoms with Crippen molar-refractivity contribution >= 4 is 11.8 Å². The predicted octanol–water partition coefficient (Wildman–Crippen LogP) is 1.35. The highest BCUT2D eigenvalue weighted by atomic mass is 16.6. The van der Waals surface area contributed by atoms with Crippen LogP contribution in [0.15, 0.2) is 0 Å². The summed E-state index contributed by atoms with van der Waals surface area (Å²) in [6, 6.07) is 0. The summed E-state index contributed by atoms with van der Waals surface area (Å²) in [4.78, 5) is 25.3. The van der Waals surface area contributed by atoms with E-state index in [1.54, 1.807) is 20.8 Å².